The van der Waals surface area contributed by atoms with Crippen molar-refractivity contribution in [2.75, 3.05) is 42.1 Å². The van der Waals surface area contributed by atoms with Crippen LogP contribution in [0.4, 0.5) is 30.2 Å². The van der Waals surface area contributed by atoms with Crippen LogP contribution in [0.2, 0.25) is 0 Å². The highest BCUT2D eigenvalue weighted by atomic mass is 35.5. The molecule has 0 aliphatic heterocycles. The van der Waals surface area contributed by atoms with Gasteiger partial charge in [0.1, 0.15) is 21.6 Å². The highest BCUT2D eigenvalue weighted by molar-refractivity contribution is 7.93. The van der Waals surface area contributed by atoms with E-state index in [0.29, 0.717) is 5.69 Å². The maximum Gasteiger partial charge on any atom is 0.516 e. The second-order valence-electron chi connectivity index (χ2n) is 15.2. The van der Waals surface area contributed by atoms with Gasteiger partial charge in [-0.25, -0.2) is 0 Å². The summed E-state index contributed by atoms with van der Waals surface area (Å²) in [5.74, 6) is -4.06. The number of para-hydroxylation sites is 1. The topological polar surface area (TPSA) is 136 Å². The van der Waals surface area contributed by atoms with Crippen LogP contribution in [0.1, 0.15) is 36.1 Å². The number of rotatable bonds is 18. The fourth-order valence-electron chi connectivity index (χ4n) is 7.72. The quantitative estimate of drug-likeness (QED) is 0.0760. The molecule has 2 N–H and O–H groups in total. The van der Waals surface area contributed by atoms with E-state index in [1.165, 1.54) is 89.8 Å². The second-order valence-corrected chi connectivity index (χ2v) is 17.8. The van der Waals surface area contributed by atoms with Gasteiger partial charge in [-0.15, -0.1) is 36.4 Å². The van der Waals surface area contributed by atoms with Crippen LogP contribution >= 0.6 is 23.2 Å². The average Bonchev–Trinajstić information content (AvgIpc) is 3.23. The summed E-state index contributed by atoms with van der Waals surface area (Å²) in [6, 6.07) is 25.7. The van der Waals surface area contributed by atoms with Crippen LogP contribution in [0.25, 0.3) is 0 Å². The van der Waals surface area contributed by atoms with Crippen molar-refractivity contribution >= 4 is 73.9 Å². The van der Waals surface area contributed by atoms with Crippen LogP contribution in [-0.2, 0) is 34.6 Å². The molecule has 0 radical (unpaired) electrons. The Kier molecular flexibility index (Phi) is 16.1. The number of halogens is 5. The van der Waals surface area contributed by atoms with Crippen molar-refractivity contribution in [3.05, 3.63) is 151 Å². The van der Waals surface area contributed by atoms with Crippen molar-refractivity contribution in [1.82, 2.24) is 9.80 Å². The molecule has 3 unspecified atom stereocenters. The first-order chi connectivity index (χ1) is 29.6. The minimum atomic E-state index is -5.96. The maximum atomic E-state index is 16.4. The molecule has 3 atom stereocenters. The van der Waals surface area contributed by atoms with E-state index in [2.05, 4.69) is 18.5 Å². The Morgan fingerprint density at radius 1 is 0.730 bits per heavy atom. The number of likely N-dealkylation sites (N-methyl/N-ethyl adjacent to an activating group) is 1. The van der Waals surface area contributed by atoms with Crippen LogP contribution in [-0.4, -0.2) is 91.3 Å². The van der Waals surface area contributed by atoms with Crippen LogP contribution in [0.15, 0.2) is 128 Å². The molecule has 0 bridgehead atoms. The van der Waals surface area contributed by atoms with E-state index in [9.17, 15) is 21.6 Å². The summed E-state index contributed by atoms with van der Waals surface area (Å²) in [7, 11) is -3.13. The average molecular weight is 929 g/mol. The smallest absolute Gasteiger partial charge is 0.348 e. The fraction of sp³-hybridized carbons (Fsp3) is 0.304. The molecule has 0 aromatic heterocycles. The molecule has 4 aromatic carbocycles. The Morgan fingerprint density at radius 2 is 1.17 bits per heavy atom. The number of anilines is 3. The Morgan fingerprint density at radius 3 is 1.60 bits per heavy atom. The van der Waals surface area contributed by atoms with Gasteiger partial charge in [0.15, 0.2) is 0 Å². The van der Waals surface area contributed by atoms with Crippen molar-refractivity contribution < 1.29 is 40.8 Å². The third-order valence-corrected chi connectivity index (χ3v) is 12.7. The molecule has 336 valence electrons. The molecular formula is C46H50Cl2F3N5O6S. The third kappa shape index (κ3) is 9.65. The van der Waals surface area contributed by atoms with E-state index >= 15 is 19.2 Å². The number of hydrogen-bond acceptors (Lipinski definition) is 6. The summed E-state index contributed by atoms with van der Waals surface area (Å²) < 4.78 is 67.3. The standard InChI is InChI=1S/C46H50Cl2F3N5O6S/c1-9-26-55(27-10-2)40(57)38(47)45(39(48)41(58)56(30(3)4)35-24-18-13-19-25-35,42(59)52-36-29-37(32(6)28-31(36)5)53-63(61,62)46(49,50)51)44(43(60)54(7)8,33-20-14-11-15-21-33)34-22-16-12-17-23-34/h9-25,28-30,38-39,53H,1-2,26-27H2,3-8H3,(H,52,59). The molecular weight excluding hydrogens is 879 g/mol. The van der Waals surface area contributed by atoms with Crippen molar-refractivity contribution in [1.29, 1.82) is 0 Å². The highest BCUT2D eigenvalue weighted by Crippen LogP contribution is 2.57. The number of carbonyl (C=O) groups is 4. The first kappa shape index (κ1) is 50.0. The minimum Gasteiger partial charge on any atom is -0.348 e. The summed E-state index contributed by atoms with van der Waals surface area (Å²) >= 11 is 15.4. The number of aryl methyl sites for hydroxylation is 2. The van der Waals surface area contributed by atoms with Crippen LogP contribution < -0.4 is 14.9 Å². The Hall–Kier alpha value is -5.64. The predicted molar refractivity (Wildman–Crippen MR) is 243 cm³/mol. The third-order valence-electron chi connectivity index (χ3n) is 10.5. The van der Waals surface area contributed by atoms with Crippen LogP contribution in [0, 0.1) is 19.3 Å². The molecule has 4 amide bonds. The lowest BCUT2D eigenvalue weighted by Gasteiger charge is -2.53. The molecule has 4 aromatic rings. The summed E-state index contributed by atoms with van der Waals surface area (Å²) in [4.78, 5) is 66.8. The SMILES string of the molecule is C=CCN(CC=C)C(=O)C(Cl)C(C(=O)Nc1cc(NS(=O)(=O)C(F)(F)F)c(C)cc1C)(C(Cl)C(=O)N(c1ccccc1)C(C)C)C(C(=O)N(C)C)(c1ccccc1)c1ccccc1. The monoisotopic (exact) mass is 927 g/mol. The van der Waals surface area contributed by atoms with E-state index in [1.54, 1.807) is 80.6 Å². The van der Waals surface area contributed by atoms with Crippen molar-refractivity contribution in [2.45, 2.75) is 55.4 Å². The van der Waals surface area contributed by atoms with Crippen molar-refractivity contribution in [3.63, 3.8) is 0 Å². The molecule has 11 nitrogen and oxygen atoms in total. The lowest BCUT2D eigenvalue weighted by atomic mass is 9.51. The van der Waals surface area contributed by atoms with Gasteiger partial charge in [0.05, 0.1) is 5.69 Å². The molecule has 17 heteroatoms. The Balaban J connectivity index is 2.33. The lowest BCUT2D eigenvalue weighted by molar-refractivity contribution is -0.151. The van der Waals surface area contributed by atoms with Crippen LogP contribution in [0.5, 0.6) is 0 Å². The molecule has 0 fully saturated rings. The number of amides is 4. The van der Waals surface area contributed by atoms with E-state index < -0.39 is 72.5 Å². The van der Waals surface area contributed by atoms with Gasteiger partial charge in [-0.3, -0.25) is 23.9 Å². The number of hydrogen-bond donors (Lipinski definition) is 2. The fourth-order valence-corrected chi connectivity index (χ4v) is 9.43. The first-order valence-electron chi connectivity index (χ1n) is 19.6. The van der Waals surface area contributed by atoms with Gasteiger partial charge in [-0.05, 0) is 68.1 Å². The summed E-state index contributed by atoms with van der Waals surface area (Å²) in [5, 5.41) is -1.78. The second kappa shape index (κ2) is 20.2. The molecule has 0 heterocycles. The van der Waals surface area contributed by atoms with E-state index in [-0.39, 0.29) is 41.0 Å². The lowest BCUT2D eigenvalue weighted by Crippen LogP contribution is -2.72. The van der Waals surface area contributed by atoms with Crippen molar-refractivity contribution in [3.8, 4) is 0 Å². The number of sulfonamides is 1. The van der Waals surface area contributed by atoms with Gasteiger partial charge in [0, 0.05) is 44.6 Å². The zero-order chi connectivity index (χ0) is 47.1. The summed E-state index contributed by atoms with van der Waals surface area (Å²) in [6.07, 6.45) is 2.80. The summed E-state index contributed by atoms with van der Waals surface area (Å²) in [5.41, 5.74) is -11.2. The zero-order valence-corrected chi connectivity index (χ0v) is 37.9. The number of nitrogens with zero attached hydrogens (tertiary/aromatic N) is 3. The minimum absolute atomic E-state index is 0.0472. The largest absolute Gasteiger partial charge is 0.516 e. The first-order valence-corrected chi connectivity index (χ1v) is 21.9. The maximum absolute atomic E-state index is 16.4. The summed E-state index contributed by atoms with van der Waals surface area (Å²) in [6.45, 7) is 13.5. The number of carbonyl (C=O) groups excluding carboxylic acids is 4. The predicted octanol–water partition coefficient (Wildman–Crippen LogP) is 8.42. The van der Waals surface area contributed by atoms with E-state index in [1.807, 2.05) is 0 Å². The van der Waals surface area contributed by atoms with Gasteiger partial charge in [-0.2, -0.15) is 21.6 Å². The highest BCUT2D eigenvalue weighted by Gasteiger charge is 2.73. The normalized spacial score (nSPS) is 13.8. The van der Waals surface area contributed by atoms with E-state index in [0.717, 1.165) is 6.07 Å². The Labute approximate surface area is 376 Å². The molecule has 63 heavy (non-hydrogen) atoms. The Bertz CT molecular complexity index is 2370. The number of nitrogens with one attached hydrogen (secondary N) is 2. The van der Waals surface area contributed by atoms with Gasteiger partial charge < -0.3 is 20.0 Å². The molecule has 0 saturated heterocycles. The van der Waals surface area contributed by atoms with Gasteiger partial charge in [-0.1, -0.05) is 97.1 Å². The van der Waals surface area contributed by atoms with Crippen LogP contribution in [0.3, 0.4) is 0 Å². The molecule has 0 aliphatic carbocycles. The van der Waals surface area contributed by atoms with Gasteiger partial charge in [0.2, 0.25) is 23.6 Å². The number of benzene rings is 4. The number of alkyl halides is 5. The van der Waals surface area contributed by atoms with Gasteiger partial charge in [0.25, 0.3) is 0 Å². The van der Waals surface area contributed by atoms with Gasteiger partial charge >= 0.3 is 15.5 Å². The van der Waals surface area contributed by atoms with E-state index in [4.69, 9.17) is 23.2 Å². The molecule has 0 spiro atoms. The molecule has 0 saturated carbocycles. The molecule has 4 rings (SSSR count). The zero-order valence-electron chi connectivity index (χ0n) is 35.6. The molecule has 0 aliphatic rings. The van der Waals surface area contributed by atoms with Crippen molar-refractivity contribution in [2.24, 2.45) is 5.41 Å².